The van der Waals surface area contributed by atoms with Gasteiger partial charge in [0.1, 0.15) is 5.82 Å². The Morgan fingerprint density at radius 2 is 1.82 bits per heavy atom. The second kappa shape index (κ2) is 8.20. The van der Waals surface area contributed by atoms with Crippen LogP contribution in [0, 0.1) is 0 Å². The van der Waals surface area contributed by atoms with Crippen LogP contribution >= 0.6 is 23.2 Å². The fraction of sp³-hybridized carbons (Fsp3) is 0.375. The van der Waals surface area contributed by atoms with Crippen LogP contribution in [0.3, 0.4) is 0 Å². The number of nitrogens with zero attached hydrogens (tertiary/aromatic N) is 3. The van der Waals surface area contributed by atoms with Crippen LogP contribution in [-0.4, -0.2) is 23.1 Å². The summed E-state index contributed by atoms with van der Waals surface area (Å²) in [6.07, 6.45) is 3.88. The Hall–Kier alpha value is -1.52. The molecule has 0 aliphatic carbocycles. The molecule has 22 heavy (non-hydrogen) atoms. The summed E-state index contributed by atoms with van der Waals surface area (Å²) in [5.41, 5.74) is 0.772. The number of hydrogen-bond acceptors (Lipinski definition) is 4. The van der Waals surface area contributed by atoms with E-state index < -0.39 is 0 Å². The summed E-state index contributed by atoms with van der Waals surface area (Å²) in [7, 11) is 0. The number of halogens is 2. The summed E-state index contributed by atoms with van der Waals surface area (Å²) >= 11 is 12.1. The molecule has 2 aromatic rings. The van der Waals surface area contributed by atoms with Gasteiger partial charge in [0, 0.05) is 24.3 Å². The minimum Gasteiger partial charge on any atom is -0.341 e. The van der Waals surface area contributed by atoms with Gasteiger partial charge < -0.3 is 10.2 Å². The monoisotopic (exact) mass is 338 g/mol. The molecule has 4 nitrogen and oxygen atoms in total. The molecule has 0 saturated carbocycles. The van der Waals surface area contributed by atoms with Gasteiger partial charge in [-0.05, 0) is 37.1 Å². The van der Waals surface area contributed by atoms with E-state index >= 15 is 0 Å². The number of nitrogens with one attached hydrogen (secondary N) is 1. The van der Waals surface area contributed by atoms with Crippen molar-refractivity contribution in [2.75, 3.05) is 23.3 Å². The Morgan fingerprint density at radius 1 is 1.09 bits per heavy atom. The van der Waals surface area contributed by atoms with Crippen LogP contribution in [0.2, 0.25) is 10.0 Å². The van der Waals surface area contributed by atoms with E-state index in [0.717, 1.165) is 37.6 Å². The van der Waals surface area contributed by atoms with Gasteiger partial charge in [-0.1, -0.05) is 37.0 Å². The second-order valence-electron chi connectivity index (χ2n) is 4.98. The molecule has 1 heterocycles. The van der Waals surface area contributed by atoms with Crippen molar-refractivity contribution in [1.29, 1.82) is 0 Å². The zero-order valence-corrected chi connectivity index (χ0v) is 14.3. The highest BCUT2D eigenvalue weighted by Gasteiger charge is 2.09. The van der Waals surface area contributed by atoms with E-state index in [1.54, 1.807) is 18.3 Å². The van der Waals surface area contributed by atoms with Crippen molar-refractivity contribution >= 4 is 40.7 Å². The van der Waals surface area contributed by atoms with Crippen molar-refractivity contribution in [2.24, 2.45) is 0 Å². The highest BCUT2D eigenvalue weighted by molar-refractivity contribution is 6.36. The third-order valence-electron chi connectivity index (χ3n) is 3.11. The van der Waals surface area contributed by atoms with Crippen LogP contribution in [0.15, 0.2) is 30.5 Å². The normalized spacial score (nSPS) is 10.5. The van der Waals surface area contributed by atoms with E-state index in [4.69, 9.17) is 23.2 Å². The molecule has 1 aromatic carbocycles. The molecule has 0 unspecified atom stereocenters. The van der Waals surface area contributed by atoms with Gasteiger partial charge in [0.15, 0.2) is 0 Å². The van der Waals surface area contributed by atoms with Crippen molar-refractivity contribution in [2.45, 2.75) is 26.7 Å². The van der Waals surface area contributed by atoms with Gasteiger partial charge in [-0.3, -0.25) is 0 Å². The molecule has 118 valence electrons. The average molecular weight is 339 g/mol. The number of rotatable bonds is 7. The highest BCUT2D eigenvalue weighted by atomic mass is 35.5. The largest absolute Gasteiger partial charge is 0.341 e. The molecule has 0 fully saturated rings. The van der Waals surface area contributed by atoms with E-state index in [1.807, 2.05) is 12.1 Å². The lowest BCUT2D eigenvalue weighted by atomic mass is 10.3. The van der Waals surface area contributed by atoms with E-state index in [-0.39, 0.29) is 0 Å². The Labute approximate surface area is 141 Å². The van der Waals surface area contributed by atoms with Crippen molar-refractivity contribution in [1.82, 2.24) is 9.97 Å². The third-order valence-corrected chi connectivity index (χ3v) is 3.65. The predicted molar refractivity (Wildman–Crippen MR) is 94.6 cm³/mol. The van der Waals surface area contributed by atoms with Crippen LogP contribution in [0.4, 0.5) is 17.5 Å². The SMILES string of the molecule is CCCN(CCC)c1nccc(Nc2ccc(Cl)cc2Cl)n1. The highest BCUT2D eigenvalue weighted by Crippen LogP contribution is 2.28. The predicted octanol–water partition coefficient (Wildman–Crippen LogP) is 5.15. The van der Waals surface area contributed by atoms with Gasteiger partial charge in [0.25, 0.3) is 0 Å². The zero-order chi connectivity index (χ0) is 15.9. The molecule has 1 N–H and O–H groups in total. The molecule has 0 radical (unpaired) electrons. The fourth-order valence-corrected chi connectivity index (χ4v) is 2.61. The molecule has 0 aliphatic rings. The summed E-state index contributed by atoms with van der Waals surface area (Å²) in [5.74, 6) is 1.45. The topological polar surface area (TPSA) is 41.1 Å². The maximum atomic E-state index is 6.18. The molecular weight excluding hydrogens is 319 g/mol. The first kappa shape index (κ1) is 16.8. The molecule has 0 aliphatic heterocycles. The Kier molecular flexibility index (Phi) is 6.28. The second-order valence-corrected chi connectivity index (χ2v) is 5.82. The van der Waals surface area contributed by atoms with Gasteiger partial charge in [-0.2, -0.15) is 4.98 Å². The molecule has 1 aromatic heterocycles. The first-order valence-electron chi connectivity index (χ1n) is 7.44. The first-order valence-corrected chi connectivity index (χ1v) is 8.19. The lowest BCUT2D eigenvalue weighted by Crippen LogP contribution is -2.27. The molecule has 2 rings (SSSR count). The quantitative estimate of drug-likeness (QED) is 0.757. The number of aromatic nitrogens is 2. The Balaban J connectivity index is 2.20. The molecular formula is C16H20Cl2N4. The summed E-state index contributed by atoms with van der Waals surface area (Å²) in [5, 5.41) is 4.38. The van der Waals surface area contributed by atoms with Crippen molar-refractivity contribution < 1.29 is 0 Å². The van der Waals surface area contributed by atoms with Crippen LogP contribution in [-0.2, 0) is 0 Å². The molecule has 6 heteroatoms. The molecule has 0 spiro atoms. The van der Waals surface area contributed by atoms with Crippen molar-refractivity contribution in [3.63, 3.8) is 0 Å². The van der Waals surface area contributed by atoms with Gasteiger partial charge in [0.2, 0.25) is 5.95 Å². The van der Waals surface area contributed by atoms with E-state index in [1.165, 1.54) is 0 Å². The molecule has 0 bridgehead atoms. The summed E-state index contributed by atoms with van der Waals surface area (Å²) in [6.45, 7) is 6.19. The zero-order valence-electron chi connectivity index (χ0n) is 12.8. The Bertz CT molecular complexity index is 613. The number of hydrogen-bond donors (Lipinski definition) is 1. The van der Waals surface area contributed by atoms with Gasteiger partial charge in [-0.15, -0.1) is 0 Å². The first-order chi connectivity index (χ1) is 10.6. The molecule has 0 amide bonds. The minimum atomic E-state index is 0.562. The average Bonchev–Trinajstić information content (AvgIpc) is 2.50. The smallest absolute Gasteiger partial charge is 0.227 e. The van der Waals surface area contributed by atoms with Crippen LogP contribution in [0.5, 0.6) is 0 Å². The maximum Gasteiger partial charge on any atom is 0.227 e. The van der Waals surface area contributed by atoms with Gasteiger partial charge in [-0.25, -0.2) is 4.98 Å². The standard InChI is InChI=1S/C16H20Cl2N4/c1-3-9-22(10-4-2)16-19-8-7-15(21-16)20-14-6-5-12(17)11-13(14)18/h5-8,11H,3-4,9-10H2,1-2H3,(H,19,20,21). The fourth-order valence-electron chi connectivity index (χ4n) is 2.15. The van der Waals surface area contributed by atoms with E-state index in [9.17, 15) is 0 Å². The summed E-state index contributed by atoms with van der Waals surface area (Å²) < 4.78 is 0. The minimum absolute atomic E-state index is 0.562. The Morgan fingerprint density at radius 3 is 2.45 bits per heavy atom. The van der Waals surface area contributed by atoms with Crippen molar-refractivity contribution in [3.8, 4) is 0 Å². The number of benzene rings is 1. The van der Waals surface area contributed by atoms with Gasteiger partial charge in [0.05, 0.1) is 10.7 Å². The lowest BCUT2D eigenvalue weighted by Gasteiger charge is -2.21. The summed E-state index contributed by atoms with van der Waals surface area (Å²) in [4.78, 5) is 11.1. The molecule has 0 atom stereocenters. The summed E-state index contributed by atoms with van der Waals surface area (Å²) in [6, 6.07) is 7.15. The van der Waals surface area contributed by atoms with Gasteiger partial charge >= 0.3 is 0 Å². The van der Waals surface area contributed by atoms with Crippen LogP contribution in [0.1, 0.15) is 26.7 Å². The van der Waals surface area contributed by atoms with Crippen molar-refractivity contribution in [3.05, 3.63) is 40.5 Å². The van der Waals surface area contributed by atoms with Crippen LogP contribution < -0.4 is 10.2 Å². The lowest BCUT2D eigenvalue weighted by molar-refractivity contribution is 0.722. The third kappa shape index (κ3) is 4.49. The van der Waals surface area contributed by atoms with E-state index in [0.29, 0.717) is 15.9 Å². The van der Waals surface area contributed by atoms with E-state index in [2.05, 4.69) is 34.0 Å². The van der Waals surface area contributed by atoms with Crippen LogP contribution in [0.25, 0.3) is 0 Å². The molecule has 0 saturated heterocycles. The number of anilines is 3. The maximum absolute atomic E-state index is 6.18.